The topological polar surface area (TPSA) is 77.4 Å². The summed E-state index contributed by atoms with van der Waals surface area (Å²) in [6, 6.07) is 0. The van der Waals surface area contributed by atoms with Crippen LogP contribution in [0, 0.1) is 0 Å². The van der Waals surface area contributed by atoms with Gasteiger partial charge in [0.2, 0.25) is 0 Å². The molecule has 0 aromatic rings. The first-order chi connectivity index (χ1) is 13.4. The maximum atomic E-state index is 11.5. The van der Waals surface area contributed by atoms with Crippen LogP contribution >= 0.6 is 0 Å². The van der Waals surface area contributed by atoms with E-state index in [2.05, 4.69) is 13.8 Å². The molecule has 0 fully saturated rings. The molecule has 0 heterocycles. The summed E-state index contributed by atoms with van der Waals surface area (Å²) in [7, 11) is -4.32. The van der Waals surface area contributed by atoms with E-state index in [-0.39, 0.29) is 36.0 Å². The SMILES string of the molecule is CCCCCCCCCCCCCCC(CC(O)CCCCCC)S(=O)(=O)[O-].[Na+]. The summed E-state index contributed by atoms with van der Waals surface area (Å²) in [5.74, 6) is 0. The molecule has 0 amide bonds. The predicted octanol–water partition coefficient (Wildman–Crippen LogP) is 3.72. The van der Waals surface area contributed by atoms with E-state index in [1.807, 2.05) is 0 Å². The molecule has 0 radical (unpaired) electrons. The van der Waals surface area contributed by atoms with Crippen LogP contribution < -0.4 is 29.6 Å². The summed E-state index contributed by atoms with van der Waals surface area (Å²) < 4.78 is 34.5. The van der Waals surface area contributed by atoms with Crippen LogP contribution in [-0.2, 0) is 10.1 Å². The van der Waals surface area contributed by atoms with Crippen molar-refractivity contribution in [2.75, 3.05) is 0 Å². The van der Waals surface area contributed by atoms with Gasteiger partial charge in [-0.05, 0) is 19.3 Å². The van der Waals surface area contributed by atoms with Gasteiger partial charge in [-0.2, -0.15) is 0 Å². The van der Waals surface area contributed by atoms with Crippen molar-refractivity contribution < 1.29 is 47.6 Å². The molecule has 2 atom stereocenters. The van der Waals surface area contributed by atoms with Crippen molar-refractivity contribution in [3.8, 4) is 0 Å². The summed E-state index contributed by atoms with van der Waals surface area (Å²) in [5.41, 5.74) is 0. The molecule has 0 aromatic carbocycles. The van der Waals surface area contributed by atoms with Gasteiger partial charge < -0.3 is 9.66 Å². The summed E-state index contributed by atoms with van der Waals surface area (Å²) in [4.78, 5) is 0. The second-order valence-electron chi connectivity index (χ2n) is 8.53. The molecule has 2 unspecified atom stereocenters. The summed E-state index contributed by atoms with van der Waals surface area (Å²) in [6.07, 6.45) is 19.4. The molecule has 0 rings (SSSR count). The fourth-order valence-corrected chi connectivity index (χ4v) is 4.73. The Bertz CT molecular complexity index is 429. The van der Waals surface area contributed by atoms with Crippen LogP contribution in [0.3, 0.4) is 0 Å². The van der Waals surface area contributed by atoms with E-state index in [9.17, 15) is 18.1 Å². The third kappa shape index (κ3) is 21.9. The van der Waals surface area contributed by atoms with Crippen molar-refractivity contribution in [1.82, 2.24) is 0 Å². The third-order valence-electron chi connectivity index (χ3n) is 5.71. The van der Waals surface area contributed by atoms with Crippen LogP contribution in [0.25, 0.3) is 0 Å². The first kappa shape index (κ1) is 32.1. The number of unbranched alkanes of at least 4 members (excludes halogenated alkanes) is 14. The number of rotatable bonds is 21. The van der Waals surface area contributed by atoms with E-state index >= 15 is 0 Å². The van der Waals surface area contributed by atoms with E-state index < -0.39 is 21.5 Å². The van der Waals surface area contributed by atoms with Crippen LogP contribution in [0.1, 0.15) is 136 Å². The zero-order valence-corrected chi connectivity index (χ0v) is 22.5. The summed E-state index contributed by atoms with van der Waals surface area (Å²) >= 11 is 0. The molecule has 4 nitrogen and oxygen atoms in total. The first-order valence-corrected chi connectivity index (χ1v) is 13.5. The molecule has 29 heavy (non-hydrogen) atoms. The van der Waals surface area contributed by atoms with Gasteiger partial charge in [-0.15, -0.1) is 0 Å². The quantitative estimate of drug-likeness (QED) is 0.167. The van der Waals surface area contributed by atoms with Gasteiger partial charge in [-0.25, -0.2) is 8.42 Å². The van der Waals surface area contributed by atoms with E-state index in [1.165, 1.54) is 57.8 Å². The minimum atomic E-state index is -4.32. The van der Waals surface area contributed by atoms with Crippen molar-refractivity contribution in [3.05, 3.63) is 0 Å². The smallest absolute Gasteiger partial charge is 0.748 e. The molecule has 0 aliphatic carbocycles. The molecule has 0 aliphatic rings. The van der Waals surface area contributed by atoms with Crippen molar-refractivity contribution in [2.45, 2.75) is 147 Å². The van der Waals surface area contributed by atoms with Gasteiger partial charge in [0.1, 0.15) is 0 Å². The molecule has 0 bridgehead atoms. The van der Waals surface area contributed by atoms with Gasteiger partial charge in [0.15, 0.2) is 0 Å². The fourth-order valence-electron chi connectivity index (χ4n) is 3.82. The normalized spacial score (nSPS) is 13.8. The van der Waals surface area contributed by atoms with Crippen molar-refractivity contribution in [2.24, 2.45) is 0 Å². The molecule has 6 heteroatoms. The largest absolute Gasteiger partial charge is 1.00 e. The molecule has 0 aliphatic heterocycles. The van der Waals surface area contributed by atoms with Gasteiger partial charge >= 0.3 is 29.6 Å². The molecule has 0 aromatic heterocycles. The van der Waals surface area contributed by atoms with Gasteiger partial charge in [-0.3, -0.25) is 0 Å². The van der Waals surface area contributed by atoms with Gasteiger partial charge in [0.25, 0.3) is 0 Å². The third-order valence-corrected chi connectivity index (χ3v) is 6.96. The van der Waals surface area contributed by atoms with Gasteiger partial charge in [-0.1, -0.05) is 117 Å². The van der Waals surface area contributed by atoms with Crippen LogP contribution in [0.2, 0.25) is 0 Å². The fraction of sp³-hybridized carbons (Fsp3) is 1.00. The summed E-state index contributed by atoms with van der Waals surface area (Å²) in [6.45, 7) is 4.37. The Hall–Kier alpha value is 0.870. The maximum Gasteiger partial charge on any atom is 1.00 e. The predicted molar refractivity (Wildman–Crippen MR) is 119 cm³/mol. The number of aliphatic hydroxyl groups excluding tert-OH is 1. The first-order valence-electron chi connectivity index (χ1n) is 12.0. The Balaban J connectivity index is 0. The van der Waals surface area contributed by atoms with E-state index in [4.69, 9.17) is 0 Å². The zero-order chi connectivity index (χ0) is 21.1. The van der Waals surface area contributed by atoms with Crippen LogP contribution in [0.5, 0.6) is 0 Å². The van der Waals surface area contributed by atoms with E-state index in [1.54, 1.807) is 0 Å². The minimum Gasteiger partial charge on any atom is -0.748 e. The number of hydrogen-bond acceptors (Lipinski definition) is 4. The van der Waals surface area contributed by atoms with Crippen molar-refractivity contribution in [1.29, 1.82) is 0 Å². The standard InChI is InChI=1S/C23H48O4S.Na/c1-3-5-7-9-10-11-12-13-14-15-16-18-20-23(28(25,26)27)21-22(24)19-17-8-6-4-2;/h22-24H,3-21H2,1-2H3,(H,25,26,27);/q;+1/p-1. The Morgan fingerprint density at radius 2 is 1.00 bits per heavy atom. The Morgan fingerprint density at radius 3 is 1.41 bits per heavy atom. The summed E-state index contributed by atoms with van der Waals surface area (Å²) in [5, 5.41) is 9.15. The van der Waals surface area contributed by atoms with Gasteiger partial charge in [0, 0.05) is 0 Å². The zero-order valence-electron chi connectivity index (χ0n) is 19.7. The van der Waals surface area contributed by atoms with Crippen LogP contribution in [-0.4, -0.2) is 29.4 Å². The average Bonchev–Trinajstić information content (AvgIpc) is 2.64. The average molecular weight is 443 g/mol. The molecule has 170 valence electrons. The van der Waals surface area contributed by atoms with Gasteiger partial charge in [0.05, 0.1) is 21.5 Å². The molecule has 0 saturated heterocycles. The Labute approximate surface area is 204 Å². The number of aliphatic hydroxyl groups is 1. The second-order valence-corrected chi connectivity index (χ2v) is 10.2. The monoisotopic (exact) mass is 442 g/mol. The minimum absolute atomic E-state index is 0. The van der Waals surface area contributed by atoms with E-state index in [0.717, 1.165) is 44.9 Å². The number of hydrogen-bond donors (Lipinski definition) is 1. The van der Waals surface area contributed by atoms with Crippen LogP contribution in [0.15, 0.2) is 0 Å². The van der Waals surface area contributed by atoms with E-state index in [0.29, 0.717) is 12.8 Å². The Kier molecular flexibility index (Phi) is 24.4. The molecular weight excluding hydrogens is 395 g/mol. The molecular formula is C23H47NaO4S. The van der Waals surface area contributed by atoms with Crippen LogP contribution in [0.4, 0.5) is 0 Å². The Morgan fingerprint density at radius 1 is 0.655 bits per heavy atom. The maximum absolute atomic E-state index is 11.5. The van der Waals surface area contributed by atoms with Crippen molar-refractivity contribution in [3.63, 3.8) is 0 Å². The molecule has 1 N–H and O–H groups in total. The molecule has 0 spiro atoms. The van der Waals surface area contributed by atoms with Crippen molar-refractivity contribution >= 4 is 10.1 Å². The second kappa shape index (κ2) is 22.1. The molecule has 0 saturated carbocycles.